The highest BCUT2D eigenvalue weighted by molar-refractivity contribution is 4.74. The Hall–Kier alpha value is -0.0800. The topological polar surface area (TPSA) is 29.5 Å². The van der Waals surface area contributed by atoms with E-state index in [9.17, 15) is 5.11 Å². The van der Waals surface area contributed by atoms with Gasteiger partial charge >= 0.3 is 0 Å². The van der Waals surface area contributed by atoms with E-state index in [0.717, 1.165) is 38.2 Å². The van der Waals surface area contributed by atoms with E-state index in [0.29, 0.717) is 6.10 Å². The monoisotopic (exact) mass is 186 g/mol. The maximum absolute atomic E-state index is 9.26. The van der Waals surface area contributed by atoms with Gasteiger partial charge < -0.3 is 9.84 Å². The van der Waals surface area contributed by atoms with Crippen molar-refractivity contribution in [1.82, 2.24) is 0 Å². The van der Waals surface area contributed by atoms with Crippen LogP contribution >= 0.6 is 0 Å². The molecule has 1 N–H and O–H groups in total. The van der Waals surface area contributed by atoms with Crippen molar-refractivity contribution in [2.45, 2.75) is 58.2 Å². The number of hydrogen-bond donors (Lipinski definition) is 1. The first-order chi connectivity index (χ1) is 6.18. The maximum Gasteiger partial charge on any atom is 0.0600 e. The van der Waals surface area contributed by atoms with Crippen LogP contribution in [0.2, 0.25) is 0 Å². The minimum Gasteiger partial charge on any atom is -0.393 e. The molecule has 0 aromatic heterocycles. The van der Waals surface area contributed by atoms with Crippen molar-refractivity contribution in [3.05, 3.63) is 0 Å². The molecule has 0 heterocycles. The normalized spacial score (nSPS) is 28.6. The van der Waals surface area contributed by atoms with Crippen LogP contribution in [0.25, 0.3) is 0 Å². The van der Waals surface area contributed by atoms with Crippen LogP contribution in [0.1, 0.15) is 46.0 Å². The van der Waals surface area contributed by atoms with Gasteiger partial charge in [0.15, 0.2) is 0 Å². The molecule has 1 rings (SSSR count). The number of aliphatic hydroxyl groups is 1. The molecule has 0 radical (unpaired) electrons. The fourth-order valence-electron chi connectivity index (χ4n) is 1.81. The first-order valence-corrected chi connectivity index (χ1v) is 5.48. The van der Waals surface area contributed by atoms with Crippen molar-refractivity contribution in [3.63, 3.8) is 0 Å². The Labute approximate surface area is 81.3 Å². The highest BCUT2D eigenvalue weighted by atomic mass is 16.5. The van der Waals surface area contributed by atoms with E-state index in [4.69, 9.17) is 4.74 Å². The van der Waals surface area contributed by atoms with Crippen LogP contribution in [0.5, 0.6) is 0 Å². The minimum atomic E-state index is -0.102. The van der Waals surface area contributed by atoms with Gasteiger partial charge in [0.25, 0.3) is 0 Å². The zero-order valence-electron chi connectivity index (χ0n) is 8.83. The first kappa shape index (κ1) is 11.0. The third-order valence-electron chi connectivity index (χ3n) is 2.64. The Bertz CT molecular complexity index is 134. The molecule has 1 aliphatic rings. The van der Waals surface area contributed by atoms with Gasteiger partial charge in [0.05, 0.1) is 12.2 Å². The smallest absolute Gasteiger partial charge is 0.0600 e. The zero-order chi connectivity index (χ0) is 9.68. The van der Waals surface area contributed by atoms with Gasteiger partial charge in [0, 0.05) is 6.61 Å². The Morgan fingerprint density at radius 3 is 2.69 bits per heavy atom. The maximum atomic E-state index is 9.26. The third kappa shape index (κ3) is 4.63. The average molecular weight is 186 g/mol. The van der Waals surface area contributed by atoms with Gasteiger partial charge in [-0.25, -0.2) is 0 Å². The Balaban J connectivity index is 1.94. The van der Waals surface area contributed by atoms with Gasteiger partial charge in [0.2, 0.25) is 0 Å². The van der Waals surface area contributed by atoms with E-state index >= 15 is 0 Å². The van der Waals surface area contributed by atoms with E-state index in [1.165, 1.54) is 6.42 Å². The average Bonchev–Trinajstić information content (AvgIpc) is 2.45. The minimum absolute atomic E-state index is 0.102. The lowest BCUT2D eigenvalue weighted by Gasteiger charge is -2.11. The molecule has 1 fully saturated rings. The summed E-state index contributed by atoms with van der Waals surface area (Å²) in [4.78, 5) is 0. The summed E-state index contributed by atoms with van der Waals surface area (Å²) >= 11 is 0. The SMILES string of the molecule is CC(C)CCCOC1CCC(O)C1. The molecule has 0 saturated heterocycles. The molecule has 0 bridgehead atoms. The van der Waals surface area contributed by atoms with Crippen molar-refractivity contribution in [3.8, 4) is 0 Å². The quantitative estimate of drug-likeness (QED) is 0.668. The Morgan fingerprint density at radius 2 is 2.15 bits per heavy atom. The highest BCUT2D eigenvalue weighted by Crippen LogP contribution is 2.22. The molecule has 0 aromatic carbocycles. The van der Waals surface area contributed by atoms with E-state index in [1.807, 2.05) is 0 Å². The van der Waals surface area contributed by atoms with Crippen LogP contribution in [-0.2, 0) is 4.74 Å². The molecule has 0 amide bonds. The van der Waals surface area contributed by atoms with Crippen LogP contribution in [0.4, 0.5) is 0 Å². The lowest BCUT2D eigenvalue weighted by atomic mass is 10.1. The van der Waals surface area contributed by atoms with Crippen molar-refractivity contribution in [2.24, 2.45) is 5.92 Å². The molecule has 1 aliphatic carbocycles. The standard InChI is InChI=1S/C11H22O2/c1-9(2)4-3-7-13-11-6-5-10(12)8-11/h9-12H,3-8H2,1-2H3. The molecular weight excluding hydrogens is 164 g/mol. The van der Waals surface area contributed by atoms with Crippen LogP contribution in [0.3, 0.4) is 0 Å². The lowest BCUT2D eigenvalue weighted by molar-refractivity contribution is 0.0440. The van der Waals surface area contributed by atoms with E-state index in [1.54, 1.807) is 0 Å². The molecule has 2 nitrogen and oxygen atoms in total. The molecule has 2 atom stereocenters. The van der Waals surface area contributed by atoms with Gasteiger partial charge in [-0.2, -0.15) is 0 Å². The molecule has 78 valence electrons. The molecule has 0 spiro atoms. The molecule has 13 heavy (non-hydrogen) atoms. The highest BCUT2D eigenvalue weighted by Gasteiger charge is 2.22. The van der Waals surface area contributed by atoms with Crippen molar-refractivity contribution < 1.29 is 9.84 Å². The van der Waals surface area contributed by atoms with Crippen molar-refractivity contribution in [1.29, 1.82) is 0 Å². The number of hydrogen-bond acceptors (Lipinski definition) is 2. The summed E-state index contributed by atoms with van der Waals surface area (Å²) in [6, 6.07) is 0. The first-order valence-electron chi connectivity index (χ1n) is 5.48. The Kier molecular flexibility index (Phi) is 4.74. The summed E-state index contributed by atoms with van der Waals surface area (Å²) in [5.74, 6) is 0.776. The molecular formula is C11H22O2. The molecule has 1 saturated carbocycles. The van der Waals surface area contributed by atoms with Crippen molar-refractivity contribution >= 4 is 0 Å². The summed E-state index contributed by atoms with van der Waals surface area (Å²) in [5, 5.41) is 9.26. The third-order valence-corrected chi connectivity index (χ3v) is 2.64. The molecule has 0 aromatic rings. The number of rotatable bonds is 5. The van der Waals surface area contributed by atoms with Crippen molar-refractivity contribution in [2.75, 3.05) is 6.61 Å². The molecule has 2 heteroatoms. The van der Waals surface area contributed by atoms with E-state index in [-0.39, 0.29) is 6.10 Å². The van der Waals surface area contributed by atoms with Crippen LogP contribution in [0.15, 0.2) is 0 Å². The summed E-state index contributed by atoms with van der Waals surface area (Å²) < 4.78 is 5.66. The molecule has 2 unspecified atom stereocenters. The van der Waals surface area contributed by atoms with Gasteiger partial charge in [0.1, 0.15) is 0 Å². The van der Waals surface area contributed by atoms with E-state index < -0.39 is 0 Å². The van der Waals surface area contributed by atoms with E-state index in [2.05, 4.69) is 13.8 Å². The fraction of sp³-hybridized carbons (Fsp3) is 1.00. The van der Waals surface area contributed by atoms with Gasteiger partial charge in [-0.3, -0.25) is 0 Å². The summed E-state index contributed by atoms with van der Waals surface area (Å²) in [6.45, 7) is 5.34. The second-order valence-corrected chi connectivity index (χ2v) is 4.50. The largest absolute Gasteiger partial charge is 0.393 e. The summed E-state index contributed by atoms with van der Waals surface area (Å²) in [5.41, 5.74) is 0. The predicted molar refractivity (Wildman–Crippen MR) is 53.7 cm³/mol. The summed E-state index contributed by atoms with van der Waals surface area (Å²) in [7, 11) is 0. The van der Waals surface area contributed by atoms with Crippen LogP contribution in [-0.4, -0.2) is 23.9 Å². The molecule has 0 aliphatic heterocycles. The van der Waals surface area contributed by atoms with Gasteiger partial charge in [-0.15, -0.1) is 0 Å². The van der Waals surface area contributed by atoms with Gasteiger partial charge in [-0.1, -0.05) is 13.8 Å². The zero-order valence-corrected chi connectivity index (χ0v) is 8.83. The summed E-state index contributed by atoms with van der Waals surface area (Å²) in [6.07, 6.45) is 5.45. The second kappa shape index (κ2) is 5.61. The predicted octanol–water partition coefficient (Wildman–Crippen LogP) is 2.35. The second-order valence-electron chi connectivity index (χ2n) is 4.50. The van der Waals surface area contributed by atoms with Gasteiger partial charge in [-0.05, 0) is 38.0 Å². The number of aliphatic hydroxyl groups excluding tert-OH is 1. The van der Waals surface area contributed by atoms with Crippen LogP contribution in [0, 0.1) is 5.92 Å². The fourth-order valence-corrected chi connectivity index (χ4v) is 1.81. The van der Waals surface area contributed by atoms with Crippen LogP contribution < -0.4 is 0 Å². The Morgan fingerprint density at radius 1 is 1.38 bits per heavy atom. The number of ether oxygens (including phenoxy) is 1. The lowest BCUT2D eigenvalue weighted by Crippen LogP contribution is -2.11.